The van der Waals surface area contributed by atoms with Crippen LogP contribution >= 0.6 is 15.8 Å². The zero-order valence-corrected chi connectivity index (χ0v) is 32.7. The van der Waals surface area contributed by atoms with Crippen LogP contribution in [0.5, 0.6) is 0 Å². The summed E-state index contributed by atoms with van der Waals surface area (Å²) in [5.41, 5.74) is 13.8. The standard InChI is InChI=1S/C34H36P2.C8H10NO.C2H4O2.Ni.H/c1-5-13-27(14-6-1)31-21-22-32(28-15-7-2-8-16-28)35(31)25-26-36-33(29-17-9-3-10-18-29)23-24-34(36)30-19-11-4-12-20-30;1-7(9-10)8-5-3-2-4-6-8;1-2(3)4;;/h1-20,31-34H,21-26H2;2-7,10H,1H3;1H3,(H,3,4);;/q;-1;;;/p+2/t31-,32-,33-,34-;7-;;;/m00.../s1. The summed E-state index contributed by atoms with van der Waals surface area (Å²) in [4.78, 5) is 9.00. The number of rotatable bonds is 9. The van der Waals surface area contributed by atoms with Crippen LogP contribution in [-0.4, -0.2) is 28.6 Å². The molecule has 0 bridgehead atoms. The fourth-order valence-electron chi connectivity index (χ4n) is 7.94. The first-order valence-electron chi connectivity index (χ1n) is 18.0. The molecule has 0 unspecified atom stereocenters. The zero-order valence-electron chi connectivity index (χ0n) is 29.6. The molecule has 4 nitrogen and oxygen atoms in total. The van der Waals surface area contributed by atoms with E-state index in [1.165, 1.54) is 38.0 Å². The third-order valence-corrected chi connectivity index (χ3v) is 18.5. The molecule has 271 valence electrons. The Morgan fingerprint density at radius 1 is 0.569 bits per heavy atom. The molecule has 7 rings (SSSR count). The van der Waals surface area contributed by atoms with Gasteiger partial charge in [0.15, 0.2) is 0 Å². The first-order valence-corrected chi connectivity index (χ1v) is 21.7. The second-order valence-electron chi connectivity index (χ2n) is 13.4. The molecule has 0 spiro atoms. The van der Waals surface area contributed by atoms with Crippen LogP contribution < -0.4 is 0 Å². The topological polar surface area (TPSA) is 71.6 Å². The van der Waals surface area contributed by atoms with E-state index in [1.54, 1.807) is 22.3 Å². The van der Waals surface area contributed by atoms with Crippen molar-refractivity contribution in [2.75, 3.05) is 12.3 Å². The van der Waals surface area contributed by atoms with E-state index in [9.17, 15) is 0 Å². The molecule has 0 aliphatic carbocycles. The SMILES string of the molecule is CC(=O)O.C[C@H]([N-]O)c1ccccc1.[NiH].c1ccc([C@@H]2CC[C@@H](c3ccccc3)[PH+]2CC[PH+]2[C@H](c3ccccc3)CC[C@H]2c2ccccc2)cc1. The Labute approximate surface area is 317 Å². The summed E-state index contributed by atoms with van der Waals surface area (Å²) in [7, 11) is -1.13. The third-order valence-electron chi connectivity index (χ3n) is 10.2. The molecule has 2 fully saturated rings. The van der Waals surface area contributed by atoms with Gasteiger partial charge in [0.2, 0.25) is 0 Å². The van der Waals surface area contributed by atoms with E-state index in [0.717, 1.165) is 35.1 Å². The maximum absolute atomic E-state index is 9.00. The minimum atomic E-state index is -0.833. The van der Waals surface area contributed by atoms with E-state index >= 15 is 0 Å². The van der Waals surface area contributed by atoms with Crippen molar-refractivity contribution < 1.29 is 31.6 Å². The molecule has 2 aliphatic heterocycles. The van der Waals surface area contributed by atoms with Crippen LogP contribution in [0.2, 0.25) is 0 Å². The Kier molecular flexibility index (Phi) is 17.0. The summed E-state index contributed by atoms with van der Waals surface area (Å²) in [6.45, 7) is 2.93. The Morgan fingerprint density at radius 3 is 1.04 bits per heavy atom. The molecular weight excluding hydrogens is 711 g/mol. The summed E-state index contributed by atoms with van der Waals surface area (Å²) >= 11 is 0. The van der Waals surface area contributed by atoms with Crippen molar-refractivity contribution >= 4 is 21.8 Å². The van der Waals surface area contributed by atoms with Gasteiger partial charge in [-0.25, -0.2) is 0 Å². The van der Waals surface area contributed by atoms with E-state index in [4.69, 9.17) is 15.1 Å². The van der Waals surface area contributed by atoms with E-state index in [1.807, 2.05) is 37.3 Å². The van der Waals surface area contributed by atoms with Gasteiger partial charge in [-0.3, -0.25) is 4.79 Å². The summed E-state index contributed by atoms with van der Waals surface area (Å²) in [6.07, 6.45) is 8.39. The largest absolute Gasteiger partial charge is 0.0931 e. The van der Waals surface area contributed by atoms with Gasteiger partial charge in [0.25, 0.3) is 5.97 Å². The molecular formula is C44H53NNiO3P2+. The molecule has 2 N–H and O–H groups in total. The molecule has 2 heterocycles. The fraction of sp³-hybridized carbons (Fsp3) is 0.295. The van der Waals surface area contributed by atoms with Gasteiger partial charge >= 0.3 is 16.5 Å². The van der Waals surface area contributed by atoms with Gasteiger partial charge in [0.05, 0.1) is 35.0 Å². The smallest absolute Gasteiger partial charge is 0.0622 e. The Bertz CT molecular complexity index is 1490. The van der Waals surface area contributed by atoms with Gasteiger partial charge in [-0.05, 0) is 47.9 Å². The van der Waals surface area contributed by atoms with Crippen LogP contribution in [0.3, 0.4) is 0 Å². The first-order chi connectivity index (χ1) is 24.5. The predicted octanol–water partition coefficient (Wildman–Crippen LogP) is 12.3. The first kappa shape index (κ1) is 40.6. The van der Waals surface area contributed by atoms with Crippen LogP contribution in [0, 0.1) is 0 Å². The molecule has 0 radical (unpaired) electrons. The second-order valence-corrected chi connectivity index (χ2v) is 19.5. The summed E-state index contributed by atoms with van der Waals surface area (Å²) < 4.78 is 0. The van der Waals surface area contributed by atoms with E-state index in [-0.39, 0.29) is 22.5 Å². The number of nitrogens with zero attached hydrogens (tertiary/aromatic N) is 1. The zero-order chi connectivity index (χ0) is 35.1. The minimum Gasteiger partial charge on any atom is -0.0622 e. The number of hydrogen-bond acceptors (Lipinski definition) is 2. The van der Waals surface area contributed by atoms with Crippen LogP contribution in [-0.2, 0) is 21.3 Å². The van der Waals surface area contributed by atoms with Gasteiger partial charge < -0.3 is 15.8 Å². The van der Waals surface area contributed by atoms with Crippen LogP contribution in [0.25, 0.3) is 5.48 Å². The second kappa shape index (κ2) is 21.4. The maximum Gasteiger partial charge on any atom is 0.0931 e. The van der Waals surface area contributed by atoms with Gasteiger partial charge in [-0.1, -0.05) is 170 Å². The van der Waals surface area contributed by atoms with Gasteiger partial charge in [-0.2, -0.15) is 0 Å². The van der Waals surface area contributed by atoms with Crippen LogP contribution in [0.15, 0.2) is 152 Å². The van der Waals surface area contributed by atoms with Crippen molar-refractivity contribution in [1.29, 1.82) is 0 Å². The van der Waals surface area contributed by atoms with Crippen molar-refractivity contribution in [3.8, 4) is 0 Å². The Hall–Kier alpha value is -3.16. The number of hydroxylamine groups is 1. The van der Waals surface area contributed by atoms with Gasteiger partial charge in [0.1, 0.15) is 0 Å². The number of carboxylic acid groups (broad SMARTS) is 1. The Morgan fingerprint density at radius 2 is 0.804 bits per heavy atom. The summed E-state index contributed by atoms with van der Waals surface area (Å²) in [5.74, 6) is -0.833. The number of carboxylic acids is 1. The van der Waals surface area contributed by atoms with Crippen molar-refractivity contribution in [2.24, 2.45) is 0 Å². The molecule has 5 aromatic rings. The van der Waals surface area contributed by atoms with E-state index in [0.29, 0.717) is 0 Å². The van der Waals surface area contributed by atoms with Gasteiger partial charge in [0, 0.05) is 22.8 Å². The van der Waals surface area contributed by atoms with E-state index in [2.05, 4.69) is 127 Å². The molecule has 5 aromatic carbocycles. The molecule has 0 saturated carbocycles. The summed E-state index contributed by atoms with van der Waals surface area (Å²) in [6, 6.07) is 55.6. The Balaban J connectivity index is 0.000000328. The van der Waals surface area contributed by atoms with Crippen LogP contribution in [0.4, 0.5) is 0 Å². The average Bonchev–Trinajstić information content (AvgIpc) is 3.80. The fourth-order valence-corrected chi connectivity index (χ4v) is 17.2. The van der Waals surface area contributed by atoms with E-state index < -0.39 is 21.8 Å². The number of hydrogen-bond donors (Lipinski definition) is 2. The quantitative estimate of drug-likeness (QED) is 0.0892. The van der Waals surface area contributed by atoms with Crippen molar-refractivity contribution in [2.45, 2.75) is 68.2 Å². The maximum atomic E-state index is 9.00. The molecule has 5 atom stereocenters. The number of carbonyl (C=O) groups is 1. The van der Waals surface area contributed by atoms with Gasteiger partial charge in [-0.15, -0.1) is 0 Å². The molecule has 2 saturated heterocycles. The minimum absolute atomic E-state index is 0. The molecule has 0 amide bonds. The van der Waals surface area contributed by atoms with Crippen molar-refractivity contribution in [3.05, 3.63) is 185 Å². The average molecular weight is 765 g/mol. The molecule has 7 heteroatoms. The van der Waals surface area contributed by atoms with Crippen LogP contribution in [0.1, 0.15) is 96.0 Å². The van der Waals surface area contributed by atoms with Crippen molar-refractivity contribution in [3.63, 3.8) is 0 Å². The number of aliphatic carboxylic acids is 1. The molecule has 2 aliphatic rings. The van der Waals surface area contributed by atoms with Crippen molar-refractivity contribution in [1.82, 2.24) is 0 Å². The monoisotopic (exact) mass is 763 g/mol. The predicted molar refractivity (Wildman–Crippen MR) is 216 cm³/mol. The number of benzene rings is 5. The third kappa shape index (κ3) is 11.7. The molecule has 51 heavy (non-hydrogen) atoms. The molecule has 0 aromatic heterocycles. The normalized spacial score (nSPS) is 20.5. The summed E-state index contributed by atoms with van der Waals surface area (Å²) in [5, 5.41) is 15.8.